The summed E-state index contributed by atoms with van der Waals surface area (Å²) < 4.78 is 19.8. The molecule has 0 bridgehead atoms. The summed E-state index contributed by atoms with van der Waals surface area (Å²) in [6.07, 6.45) is 4.84. The van der Waals surface area contributed by atoms with Gasteiger partial charge in [0, 0.05) is 11.1 Å². The predicted octanol–water partition coefficient (Wildman–Crippen LogP) is 7.43. The van der Waals surface area contributed by atoms with Crippen molar-refractivity contribution in [1.82, 2.24) is 0 Å². The van der Waals surface area contributed by atoms with Crippen LogP contribution in [0.4, 0.5) is 15.8 Å². The van der Waals surface area contributed by atoms with Crippen molar-refractivity contribution in [3.63, 3.8) is 0 Å². The summed E-state index contributed by atoms with van der Waals surface area (Å²) in [4.78, 5) is 0. The fraction of sp³-hybridized carbons (Fsp3) is 0.259. The van der Waals surface area contributed by atoms with E-state index < -0.39 is 0 Å². The Morgan fingerprint density at radius 1 is 1.03 bits per heavy atom. The largest absolute Gasteiger partial charge is 0.494 e. The standard InChI is InChI=1S/C27H30FNO/c1-4-27(3,22-14-16-24(17-15-22)30-5-2)19-9-10-21-13-18-25(28)26(20-21)29-23-11-7-6-8-12-23/h4,6-8,11-18,20,29H,1,5,9-10,19H2,2-3H3. The first-order valence-corrected chi connectivity index (χ1v) is 10.5. The second kappa shape index (κ2) is 10.1. The summed E-state index contributed by atoms with van der Waals surface area (Å²) in [5.41, 5.74) is 3.62. The molecule has 0 radical (unpaired) electrons. The number of nitrogens with one attached hydrogen (secondary N) is 1. The quantitative estimate of drug-likeness (QED) is 0.355. The van der Waals surface area contributed by atoms with Gasteiger partial charge in [-0.15, -0.1) is 6.58 Å². The molecule has 0 saturated heterocycles. The van der Waals surface area contributed by atoms with E-state index in [-0.39, 0.29) is 11.2 Å². The first-order chi connectivity index (χ1) is 14.5. The van der Waals surface area contributed by atoms with Gasteiger partial charge in [-0.3, -0.25) is 0 Å². The molecule has 0 aliphatic carbocycles. The molecule has 0 aliphatic heterocycles. The van der Waals surface area contributed by atoms with Crippen LogP contribution in [-0.4, -0.2) is 6.61 Å². The zero-order valence-electron chi connectivity index (χ0n) is 17.8. The summed E-state index contributed by atoms with van der Waals surface area (Å²) in [6.45, 7) is 8.93. The van der Waals surface area contributed by atoms with Gasteiger partial charge in [0.2, 0.25) is 0 Å². The summed E-state index contributed by atoms with van der Waals surface area (Å²) >= 11 is 0. The number of benzene rings is 3. The number of allylic oxidation sites excluding steroid dienone is 1. The molecule has 3 heteroatoms. The predicted molar refractivity (Wildman–Crippen MR) is 124 cm³/mol. The molecule has 30 heavy (non-hydrogen) atoms. The minimum Gasteiger partial charge on any atom is -0.494 e. The van der Waals surface area contributed by atoms with Gasteiger partial charge in [0.25, 0.3) is 0 Å². The monoisotopic (exact) mass is 403 g/mol. The Kier molecular flexibility index (Phi) is 7.29. The zero-order chi connectivity index (χ0) is 21.4. The molecule has 0 saturated carbocycles. The molecule has 0 aliphatic rings. The van der Waals surface area contributed by atoms with E-state index in [0.717, 1.165) is 36.3 Å². The van der Waals surface area contributed by atoms with Gasteiger partial charge >= 0.3 is 0 Å². The maximum absolute atomic E-state index is 14.2. The number of anilines is 2. The van der Waals surface area contributed by atoms with Gasteiger partial charge in [0.1, 0.15) is 11.6 Å². The first kappa shape index (κ1) is 21.6. The Morgan fingerprint density at radius 3 is 2.43 bits per heavy atom. The normalized spacial score (nSPS) is 12.8. The van der Waals surface area contributed by atoms with Gasteiger partial charge in [-0.1, -0.05) is 49.4 Å². The maximum atomic E-state index is 14.2. The fourth-order valence-corrected chi connectivity index (χ4v) is 3.62. The van der Waals surface area contributed by atoms with Crippen molar-refractivity contribution in [2.75, 3.05) is 11.9 Å². The van der Waals surface area contributed by atoms with Crippen LogP contribution in [0.5, 0.6) is 5.75 Å². The third-order valence-electron chi connectivity index (χ3n) is 5.52. The molecule has 156 valence electrons. The summed E-state index contributed by atoms with van der Waals surface area (Å²) in [5, 5.41) is 3.17. The van der Waals surface area contributed by atoms with E-state index in [9.17, 15) is 4.39 Å². The molecular formula is C27H30FNO. The Labute approximate surface area is 179 Å². The molecule has 2 nitrogen and oxygen atoms in total. The topological polar surface area (TPSA) is 21.3 Å². The van der Waals surface area contributed by atoms with Crippen LogP contribution in [0.2, 0.25) is 0 Å². The Balaban J connectivity index is 1.64. The van der Waals surface area contributed by atoms with E-state index in [1.165, 1.54) is 5.56 Å². The summed E-state index contributed by atoms with van der Waals surface area (Å²) in [6, 6.07) is 23.2. The van der Waals surface area contributed by atoms with Gasteiger partial charge < -0.3 is 10.1 Å². The lowest BCUT2D eigenvalue weighted by atomic mass is 9.78. The van der Waals surface area contributed by atoms with Crippen LogP contribution in [0, 0.1) is 5.82 Å². The highest BCUT2D eigenvalue weighted by Gasteiger charge is 2.22. The number of rotatable bonds is 10. The maximum Gasteiger partial charge on any atom is 0.146 e. The molecule has 1 atom stereocenters. The Morgan fingerprint density at radius 2 is 1.77 bits per heavy atom. The molecule has 0 aromatic heterocycles. The molecular weight excluding hydrogens is 373 g/mol. The van der Waals surface area contributed by atoms with Crippen LogP contribution in [0.15, 0.2) is 85.5 Å². The Hall–Kier alpha value is -3.07. The van der Waals surface area contributed by atoms with E-state index >= 15 is 0 Å². The summed E-state index contributed by atoms with van der Waals surface area (Å²) in [5.74, 6) is 0.644. The number of hydrogen-bond acceptors (Lipinski definition) is 2. The Bertz CT molecular complexity index is 952. The number of ether oxygens (including phenoxy) is 1. The van der Waals surface area contributed by atoms with Crippen LogP contribution in [0.3, 0.4) is 0 Å². The fourth-order valence-electron chi connectivity index (χ4n) is 3.62. The third kappa shape index (κ3) is 5.50. The lowest BCUT2D eigenvalue weighted by Crippen LogP contribution is -2.18. The first-order valence-electron chi connectivity index (χ1n) is 10.5. The number of halogens is 1. The molecule has 0 heterocycles. The number of hydrogen-bond donors (Lipinski definition) is 1. The van der Waals surface area contributed by atoms with Crippen molar-refractivity contribution in [1.29, 1.82) is 0 Å². The van der Waals surface area contributed by atoms with Gasteiger partial charge in [0.05, 0.1) is 12.3 Å². The van der Waals surface area contributed by atoms with E-state index in [4.69, 9.17) is 4.74 Å². The van der Waals surface area contributed by atoms with Crippen molar-refractivity contribution >= 4 is 11.4 Å². The highest BCUT2D eigenvalue weighted by molar-refractivity contribution is 5.60. The van der Waals surface area contributed by atoms with Gasteiger partial charge in [-0.2, -0.15) is 0 Å². The summed E-state index contributed by atoms with van der Waals surface area (Å²) in [7, 11) is 0. The van der Waals surface area contributed by atoms with Gasteiger partial charge in [0.15, 0.2) is 0 Å². The molecule has 0 fully saturated rings. The molecule has 3 aromatic rings. The lowest BCUT2D eigenvalue weighted by Gasteiger charge is -2.27. The van der Waals surface area contributed by atoms with Crippen LogP contribution < -0.4 is 10.1 Å². The van der Waals surface area contributed by atoms with Crippen molar-refractivity contribution in [3.05, 3.63) is 102 Å². The minimum absolute atomic E-state index is 0.115. The van der Waals surface area contributed by atoms with Crippen LogP contribution in [0.1, 0.15) is 37.8 Å². The molecule has 3 aromatic carbocycles. The SMILES string of the molecule is C=CC(C)(CCCc1ccc(F)c(Nc2ccccc2)c1)c1ccc(OCC)cc1. The minimum atomic E-state index is -0.243. The van der Waals surface area contributed by atoms with E-state index in [1.54, 1.807) is 6.07 Å². The second-order valence-corrected chi connectivity index (χ2v) is 7.74. The van der Waals surface area contributed by atoms with Crippen molar-refractivity contribution < 1.29 is 9.13 Å². The smallest absolute Gasteiger partial charge is 0.146 e. The van der Waals surface area contributed by atoms with Crippen LogP contribution in [-0.2, 0) is 11.8 Å². The molecule has 0 spiro atoms. The second-order valence-electron chi connectivity index (χ2n) is 7.74. The van der Waals surface area contributed by atoms with Crippen molar-refractivity contribution in [2.45, 2.75) is 38.5 Å². The third-order valence-corrected chi connectivity index (χ3v) is 5.52. The average molecular weight is 404 g/mol. The lowest BCUT2D eigenvalue weighted by molar-refractivity contribution is 0.340. The van der Waals surface area contributed by atoms with E-state index in [0.29, 0.717) is 12.3 Å². The molecule has 3 rings (SSSR count). The zero-order valence-corrected chi connectivity index (χ0v) is 17.8. The van der Waals surface area contributed by atoms with Crippen molar-refractivity contribution in [3.8, 4) is 5.75 Å². The molecule has 0 amide bonds. The number of para-hydroxylation sites is 1. The van der Waals surface area contributed by atoms with E-state index in [1.807, 2.05) is 67.6 Å². The number of aryl methyl sites for hydroxylation is 1. The molecule has 1 N–H and O–H groups in total. The van der Waals surface area contributed by atoms with Gasteiger partial charge in [-0.25, -0.2) is 4.39 Å². The highest BCUT2D eigenvalue weighted by Crippen LogP contribution is 2.32. The van der Waals surface area contributed by atoms with Crippen LogP contribution in [0.25, 0.3) is 0 Å². The highest BCUT2D eigenvalue weighted by atomic mass is 19.1. The van der Waals surface area contributed by atoms with E-state index in [2.05, 4.69) is 31.0 Å². The van der Waals surface area contributed by atoms with Gasteiger partial charge in [-0.05, 0) is 73.7 Å². The average Bonchev–Trinajstić information content (AvgIpc) is 2.77. The molecule has 1 unspecified atom stereocenters. The van der Waals surface area contributed by atoms with Crippen LogP contribution >= 0.6 is 0 Å². The van der Waals surface area contributed by atoms with Crippen molar-refractivity contribution in [2.24, 2.45) is 0 Å².